The molecular formula is C18H14Br2N4O3S. The van der Waals surface area contributed by atoms with Crippen molar-refractivity contribution in [2.75, 3.05) is 18.7 Å². The third-order valence-electron chi connectivity index (χ3n) is 4.19. The molecule has 0 radical (unpaired) electrons. The second kappa shape index (κ2) is 7.76. The monoisotopic (exact) mass is 524 g/mol. The van der Waals surface area contributed by atoms with Gasteiger partial charge >= 0.3 is 0 Å². The Kier molecular flexibility index (Phi) is 5.35. The maximum Gasteiger partial charge on any atom is 0.247 e. The second-order valence-corrected chi connectivity index (χ2v) is 8.14. The Bertz CT molecular complexity index is 1070. The van der Waals surface area contributed by atoms with E-state index in [9.17, 15) is 5.11 Å². The van der Waals surface area contributed by atoms with Crippen LogP contribution < -0.4 is 14.8 Å². The predicted octanol–water partition coefficient (Wildman–Crippen LogP) is 5.00. The zero-order valence-electron chi connectivity index (χ0n) is 14.7. The zero-order chi connectivity index (χ0) is 19.8. The molecule has 0 amide bonds. The lowest BCUT2D eigenvalue weighted by molar-refractivity contribution is 0.223. The van der Waals surface area contributed by atoms with Crippen LogP contribution in [-0.2, 0) is 0 Å². The van der Waals surface area contributed by atoms with Gasteiger partial charge in [0.25, 0.3) is 0 Å². The smallest absolute Gasteiger partial charge is 0.247 e. The highest BCUT2D eigenvalue weighted by Gasteiger charge is 2.29. The third-order valence-corrected chi connectivity index (χ3v) is 6.89. The summed E-state index contributed by atoms with van der Waals surface area (Å²) in [4.78, 5) is 4.50. The summed E-state index contributed by atoms with van der Waals surface area (Å²) in [5.41, 5.74) is 2.95. The molecule has 2 heterocycles. The quantitative estimate of drug-likeness (QED) is 0.461. The molecule has 0 spiro atoms. The van der Waals surface area contributed by atoms with Crippen molar-refractivity contribution in [3.05, 3.63) is 44.8 Å². The summed E-state index contributed by atoms with van der Waals surface area (Å²) >= 11 is 8.31. The van der Waals surface area contributed by atoms with Gasteiger partial charge in [0.2, 0.25) is 11.0 Å². The highest BCUT2D eigenvalue weighted by atomic mass is 79.9. The molecule has 1 atom stereocenters. The number of aromatic nitrogens is 3. The second-order valence-electron chi connectivity index (χ2n) is 5.78. The van der Waals surface area contributed by atoms with Gasteiger partial charge in [0.05, 0.1) is 11.6 Å². The number of anilines is 1. The van der Waals surface area contributed by atoms with E-state index >= 15 is 0 Å². The molecule has 28 heavy (non-hydrogen) atoms. The zero-order valence-corrected chi connectivity index (χ0v) is 18.7. The number of phenols is 1. The summed E-state index contributed by atoms with van der Waals surface area (Å²) in [5.74, 6) is 0.692. The van der Waals surface area contributed by atoms with Crippen molar-refractivity contribution in [3.8, 4) is 28.6 Å². The van der Waals surface area contributed by atoms with E-state index in [-0.39, 0.29) is 5.75 Å². The van der Waals surface area contributed by atoms with Crippen LogP contribution >= 0.6 is 43.6 Å². The van der Waals surface area contributed by atoms with E-state index in [1.54, 1.807) is 6.07 Å². The molecule has 1 aromatic heterocycles. The number of aromatic hydroxyl groups is 1. The van der Waals surface area contributed by atoms with Crippen molar-refractivity contribution >= 4 is 49.3 Å². The lowest BCUT2D eigenvalue weighted by atomic mass is 10.1. The molecule has 144 valence electrons. The fraction of sp³-hybridized carbons (Fsp3) is 0.167. The molecule has 2 aromatic carbocycles. The van der Waals surface area contributed by atoms with Gasteiger partial charge in [-0.2, -0.15) is 4.98 Å². The van der Waals surface area contributed by atoms with Crippen molar-refractivity contribution in [3.63, 3.8) is 0 Å². The van der Waals surface area contributed by atoms with Gasteiger partial charge in [-0.1, -0.05) is 30.0 Å². The molecular weight excluding hydrogens is 512 g/mol. The molecule has 0 fully saturated rings. The highest BCUT2D eigenvalue weighted by molar-refractivity contribution is 9.13. The number of para-hydroxylation sites is 1. The van der Waals surface area contributed by atoms with Crippen molar-refractivity contribution in [2.24, 2.45) is 0 Å². The number of nitrogens with zero attached hydrogens (tertiary/aromatic N) is 3. The average molecular weight is 526 g/mol. The first-order valence-corrected chi connectivity index (χ1v) is 10.9. The van der Waals surface area contributed by atoms with Crippen molar-refractivity contribution in [1.29, 1.82) is 0 Å². The molecule has 1 aliphatic heterocycles. The van der Waals surface area contributed by atoms with E-state index in [2.05, 4.69) is 52.4 Å². The van der Waals surface area contributed by atoms with Crippen molar-refractivity contribution in [1.82, 2.24) is 15.2 Å². The van der Waals surface area contributed by atoms with Gasteiger partial charge < -0.3 is 19.9 Å². The maximum absolute atomic E-state index is 10.2. The lowest BCUT2D eigenvalue weighted by Crippen LogP contribution is -2.18. The summed E-state index contributed by atoms with van der Waals surface area (Å²) in [6.07, 6.45) is 1.26. The number of ether oxygens (including phenoxy) is 2. The minimum Gasteiger partial charge on any atom is -0.503 e. The summed E-state index contributed by atoms with van der Waals surface area (Å²) in [6, 6.07) is 9.42. The SMILES string of the molecule is COc1cc([C@@H]2Nc3ccccc3-c3nnc(SC)nc3O2)c(Br)c(Br)c1O. The number of halogens is 2. The summed E-state index contributed by atoms with van der Waals surface area (Å²) < 4.78 is 12.6. The predicted molar refractivity (Wildman–Crippen MR) is 114 cm³/mol. The van der Waals surface area contributed by atoms with Gasteiger partial charge in [-0.15, -0.1) is 10.2 Å². The average Bonchev–Trinajstić information content (AvgIpc) is 2.88. The molecule has 4 rings (SSSR count). The molecule has 0 saturated carbocycles. The topological polar surface area (TPSA) is 89.4 Å². The first kappa shape index (κ1) is 19.3. The highest BCUT2D eigenvalue weighted by Crippen LogP contribution is 2.46. The van der Waals surface area contributed by atoms with Crippen LogP contribution in [0.2, 0.25) is 0 Å². The van der Waals surface area contributed by atoms with Gasteiger partial charge in [-0.3, -0.25) is 0 Å². The Morgan fingerprint density at radius 1 is 1.21 bits per heavy atom. The van der Waals surface area contributed by atoms with Crippen LogP contribution in [-0.4, -0.2) is 33.7 Å². The number of benzene rings is 2. The van der Waals surface area contributed by atoms with Crippen molar-refractivity contribution in [2.45, 2.75) is 11.4 Å². The van der Waals surface area contributed by atoms with Crippen LogP contribution in [0.1, 0.15) is 11.8 Å². The van der Waals surface area contributed by atoms with E-state index in [0.29, 0.717) is 37.0 Å². The van der Waals surface area contributed by atoms with Gasteiger partial charge in [-0.25, -0.2) is 0 Å². The third kappa shape index (κ3) is 3.29. The number of hydrogen-bond donors (Lipinski definition) is 2. The van der Waals surface area contributed by atoms with Crippen LogP contribution in [0.25, 0.3) is 11.3 Å². The largest absolute Gasteiger partial charge is 0.503 e. The molecule has 0 unspecified atom stereocenters. The number of thioether (sulfide) groups is 1. The fourth-order valence-corrected chi connectivity index (χ4v) is 4.06. The number of phenolic OH excluding ortho intramolecular Hbond substituents is 1. The molecule has 2 N–H and O–H groups in total. The lowest BCUT2D eigenvalue weighted by Gasteiger charge is -2.22. The summed E-state index contributed by atoms with van der Waals surface area (Å²) in [7, 11) is 1.49. The van der Waals surface area contributed by atoms with Gasteiger partial charge in [-0.05, 0) is 50.2 Å². The van der Waals surface area contributed by atoms with E-state index in [1.165, 1.54) is 18.9 Å². The van der Waals surface area contributed by atoms with Crippen molar-refractivity contribution < 1.29 is 14.6 Å². The van der Waals surface area contributed by atoms with Crippen LogP contribution in [0, 0.1) is 0 Å². The van der Waals surface area contributed by atoms with E-state index < -0.39 is 6.23 Å². The normalized spacial score (nSPS) is 14.9. The van der Waals surface area contributed by atoms with E-state index in [0.717, 1.165) is 11.3 Å². The molecule has 7 nitrogen and oxygen atoms in total. The number of hydrogen-bond acceptors (Lipinski definition) is 8. The summed E-state index contributed by atoms with van der Waals surface area (Å²) in [6.45, 7) is 0. The first-order valence-electron chi connectivity index (χ1n) is 8.09. The Labute approximate surface area is 182 Å². The van der Waals surface area contributed by atoms with E-state index in [1.807, 2.05) is 30.5 Å². The van der Waals surface area contributed by atoms with Crippen LogP contribution in [0.5, 0.6) is 17.4 Å². The standard InChI is InChI=1S/C18H14Br2N4O3S/c1-26-11-7-9(12(19)13(20)15(11)25)16-21-10-6-4-3-5-8(10)14-17(27-16)22-18(28-2)24-23-14/h3-7,16,21,25H,1-2H3/t16-/m1/s1. The van der Waals surface area contributed by atoms with Gasteiger partial charge in [0.15, 0.2) is 23.4 Å². The minimum absolute atomic E-state index is 0.00112. The van der Waals surface area contributed by atoms with Crippen LogP contribution in [0.15, 0.2) is 44.4 Å². The van der Waals surface area contributed by atoms with Crippen LogP contribution in [0.3, 0.4) is 0 Å². The van der Waals surface area contributed by atoms with Gasteiger partial charge in [0, 0.05) is 21.3 Å². The fourth-order valence-electron chi connectivity index (χ4n) is 2.83. The van der Waals surface area contributed by atoms with Crippen LogP contribution in [0.4, 0.5) is 5.69 Å². The molecule has 10 heteroatoms. The molecule has 0 bridgehead atoms. The number of nitrogens with one attached hydrogen (secondary N) is 1. The Balaban J connectivity index is 1.90. The molecule has 3 aromatic rings. The number of rotatable bonds is 3. The first-order chi connectivity index (χ1) is 13.5. The Morgan fingerprint density at radius 2 is 2.00 bits per heavy atom. The Morgan fingerprint density at radius 3 is 2.75 bits per heavy atom. The number of methoxy groups -OCH3 is 1. The molecule has 1 aliphatic rings. The molecule has 0 saturated heterocycles. The van der Waals surface area contributed by atoms with E-state index in [4.69, 9.17) is 9.47 Å². The Hall–Kier alpha value is -2.04. The summed E-state index contributed by atoms with van der Waals surface area (Å²) in [5, 5.41) is 22.6. The minimum atomic E-state index is -0.617. The van der Waals surface area contributed by atoms with Gasteiger partial charge in [0.1, 0.15) is 0 Å². The molecule has 0 aliphatic carbocycles. The number of fused-ring (bicyclic) bond motifs is 3. The maximum atomic E-state index is 10.2.